The van der Waals surface area contributed by atoms with Gasteiger partial charge in [-0.25, -0.2) is 0 Å². The van der Waals surface area contributed by atoms with Gasteiger partial charge >= 0.3 is 6.61 Å². The van der Waals surface area contributed by atoms with Crippen LogP contribution in [0.15, 0.2) is 18.2 Å². The largest absolute Gasteiger partial charge is 0.433 e. The molecule has 1 heterocycles. The van der Waals surface area contributed by atoms with Crippen LogP contribution in [0.1, 0.15) is 17.0 Å². The van der Waals surface area contributed by atoms with E-state index in [0.717, 1.165) is 22.6 Å². The summed E-state index contributed by atoms with van der Waals surface area (Å²) in [6, 6.07) is 4.62. The molecular weight excluding hydrogens is 300 g/mol. The molecule has 0 unspecified atom stereocenters. The second kappa shape index (κ2) is 6.30. The van der Waals surface area contributed by atoms with Gasteiger partial charge in [-0.1, -0.05) is 11.6 Å². The SMILES string of the molecule is Cc1nn(C)c(C)c1CNc1ccc(OC(F)F)c(Cl)c1. The first kappa shape index (κ1) is 15.6. The lowest BCUT2D eigenvalue weighted by Gasteiger charge is -2.10. The number of rotatable bonds is 5. The zero-order valence-corrected chi connectivity index (χ0v) is 12.7. The van der Waals surface area contributed by atoms with E-state index in [4.69, 9.17) is 11.6 Å². The number of hydrogen-bond acceptors (Lipinski definition) is 3. The Kier molecular flexibility index (Phi) is 4.67. The summed E-state index contributed by atoms with van der Waals surface area (Å²) in [4.78, 5) is 0. The van der Waals surface area contributed by atoms with Crippen molar-refractivity contribution in [3.05, 3.63) is 40.2 Å². The van der Waals surface area contributed by atoms with E-state index in [1.807, 2.05) is 25.6 Å². The van der Waals surface area contributed by atoms with Crippen molar-refractivity contribution in [2.24, 2.45) is 7.05 Å². The minimum absolute atomic E-state index is 0.0362. The van der Waals surface area contributed by atoms with E-state index in [1.165, 1.54) is 6.07 Å². The number of nitrogens with zero attached hydrogens (tertiary/aromatic N) is 2. The molecule has 0 amide bonds. The zero-order valence-electron chi connectivity index (χ0n) is 12.0. The third kappa shape index (κ3) is 3.64. The van der Waals surface area contributed by atoms with E-state index in [-0.39, 0.29) is 10.8 Å². The molecule has 0 aliphatic rings. The maximum Gasteiger partial charge on any atom is 0.387 e. The summed E-state index contributed by atoms with van der Waals surface area (Å²) in [6.07, 6.45) is 0. The van der Waals surface area contributed by atoms with Gasteiger partial charge < -0.3 is 10.1 Å². The van der Waals surface area contributed by atoms with Crippen LogP contribution >= 0.6 is 11.6 Å². The van der Waals surface area contributed by atoms with Crippen LogP contribution < -0.4 is 10.1 Å². The molecule has 1 aromatic heterocycles. The molecule has 4 nitrogen and oxygen atoms in total. The number of aryl methyl sites for hydroxylation is 2. The molecule has 0 atom stereocenters. The van der Waals surface area contributed by atoms with Gasteiger partial charge in [-0.2, -0.15) is 13.9 Å². The van der Waals surface area contributed by atoms with Gasteiger partial charge in [0.2, 0.25) is 0 Å². The molecule has 0 aliphatic heterocycles. The molecule has 0 saturated carbocycles. The fourth-order valence-corrected chi connectivity index (χ4v) is 2.29. The Hall–Kier alpha value is -1.82. The Morgan fingerprint density at radius 3 is 2.62 bits per heavy atom. The molecule has 2 rings (SSSR count). The maximum absolute atomic E-state index is 12.2. The van der Waals surface area contributed by atoms with Gasteiger partial charge in [0.25, 0.3) is 0 Å². The lowest BCUT2D eigenvalue weighted by Crippen LogP contribution is -2.04. The first-order valence-electron chi connectivity index (χ1n) is 6.35. The van der Waals surface area contributed by atoms with Crippen LogP contribution in [0.2, 0.25) is 5.02 Å². The molecule has 1 N–H and O–H groups in total. The highest BCUT2D eigenvalue weighted by Gasteiger charge is 2.11. The van der Waals surface area contributed by atoms with Crippen LogP contribution in [0.4, 0.5) is 14.5 Å². The third-order valence-corrected chi connectivity index (χ3v) is 3.57. The number of aromatic nitrogens is 2. The number of hydrogen-bond donors (Lipinski definition) is 1. The third-order valence-electron chi connectivity index (χ3n) is 3.28. The van der Waals surface area contributed by atoms with Crippen molar-refractivity contribution in [1.82, 2.24) is 9.78 Å². The predicted molar refractivity (Wildman–Crippen MR) is 78.1 cm³/mol. The van der Waals surface area contributed by atoms with Crippen molar-refractivity contribution < 1.29 is 13.5 Å². The quantitative estimate of drug-likeness (QED) is 0.909. The van der Waals surface area contributed by atoms with Crippen LogP contribution in [-0.4, -0.2) is 16.4 Å². The standard InChI is InChI=1S/C14H16ClF2N3O/c1-8-11(9(2)20(3)19-8)7-18-10-4-5-13(12(15)6-10)21-14(16)17/h4-6,14,18H,7H2,1-3H3. The van der Waals surface area contributed by atoms with E-state index < -0.39 is 6.61 Å². The summed E-state index contributed by atoms with van der Waals surface area (Å²) in [5.41, 5.74) is 3.85. The number of anilines is 1. The molecule has 7 heteroatoms. The second-order valence-electron chi connectivity index (χ2n) is 4.65. The van der Waals surface area contributed by atoms with Gasteiger partial charge in [0.1, 0.15) is 5.75 Å². The Bertz CT molecular complexity index is 643. The van der Waals surface area contributed by atoms with Gasteiger partial charge in [0, 0.05) is 30.5 Å². The average molecular weight is 316 g/mol. The van der Waals surface area contributed by atoms with Crippen molar-refractivity contribution >= 4 is 17.3 Å². The first-order valence-corrected chi connectivity index (χ1v) is 6.73. The van der Waals surface area contributed by atoms with Crippen molar-refractivity contribution in [3.8, 4) is 5.75 Å². The fraction of sp³-hybridized carbons (Fsp3) is 0.357. The molecule has 0 radical (unpaired) electrons. The summed E-state index contributed by atoms with van der Waals surface area (Å²) < 4.78 is 30.4. The van der Waals surface area contributed by atoms with Gasteiger partial charge in [-0.05, 0) is 32.0 Å². The van der Waals surface area contributed by atoms with Gasteiger partial charge in [0.05, 0.1) is 10.7 Å². The van der Waals surface area contributed by atoms with E-state index in [0.29, 0.717) is 6.54 Å². The highest BCUT2D eigenvalue weighted by Crippen LogP contribution is 2.29. The van der Waals surface area contributed by atoms with E-state index in [1.54, 1.807) is 12.1 Å². The number of alkyl halides is 2. The van der Waals surface area contributed by atoms with Gasteiger partial charge in [-0.15, -0.1) is 0 Å². The van der Waals surface area contributed by atoms with Gasteiger partial charge in [0.15, 0.2) is 0 Å². The second-order valence-corrected chi connectivity index (χ2v) is 5.06. The van der Waals surface area contributed by atoms with Crippen molar-refractivity contribution in [3.63, 3.8) is 0 Å². The van der Waals surface area contributed by atoms with Crippen molar-refractivity contribution in [2.45, 2.75) is 27.0 Å². The van der Waals surface area contributed by atoms with E-state index >= 15 is 0 Å². The maximum atomic E-state index is 12.2. The highest BCUT2D eigenvalue weighted by molar-refractivity contribution is 6.32. The Morgan fingerprint density at radius 2 is 2.10 bits per heavy atom. The Morgan fingerprint density at radius 1 is 1.38 bits per heavy atom. The molecule has 0 spiro atoms. The van der Waals surface area contributed by atoms with Crippen LogP contribution in [0, 0.1) is 13.8 Å². The smallest absolute Gasteiger partial charge is 0.387 e. The molecule has 0 bridgehead atoms. The van der Waals surface area contributed by atoms with Crippen LogP contribution in [0.5, 0.6) is 5.75 Å². The topological polar surface area (TPSA) is 39.1 Å². The molecule has 21 heavy (non-hydrogen) atoms. The Labute approximate surface area is 126 Å². The van der Waals surface area contributed by atoms with Crippen LogP contribution in [0.3, 0.4) is 0 Å². The minimum Gasteiger partial charge on any atom is -0.433 e. The molecule has 0 fully saturated rings. The monoisotopic (exact) mass is 315 g/mol. The molecular formula is C14H16ClF2N3O. The molecule has 0 aliphatic carbocycles. The molecule has 2 aromatic rings. The minimum atomic E-state index is -2.89. The predicted octanol–water partition coefficient (Wildman–Crippen LogP) is 3.90. The Balaban J connectivity index is 2.08. The fourth-order valence-electron chi connectivity index (χ4n) is 2.07. The number of halogens is 3. The lowest BCUT2D eigenvalue weighted by molar-refractivity contribution is -0.0497. The lowest BCUT2D eigenvalue weighted by atomic mass is 10.2. The van der Waals surface area contributed by atoms with Crippen LogP contribution in [0.25, 0.3) is 0 Å². The summed E-state index contributed by atoms with van der Waals surface area (Å²) in [5.74, 6) is -0.0362. The highest BCUT2D eigenvalue weighted by atomic mass is 35.5. The van der Waals surface area contributed by atoms with Crippen LogP contribution in [-0.2, 0) is 13.6 Å². The van der Waals surface area contributed by atoms with E-state index in [2.05, 4.69) is 15.2 Å². The van der Waals surface area contributed by atoms with Crippen molar-refractivity contribution in [2.75, 3.05) is 5.32 Å². The van der Waals surface area contributed by atoms with Gasteiger partial charge in [-0.3, -0.25) is 4.68 Å². The summed E-state index contributed by atoms with van der Waals surface area (Å²) in [6.45, 7) is 1.62. The summed E-state index contributed by atoms with van der Waals surface area (Å²) >= 11 is 5.91. The summed E-state index contributed by atoms with van der Waals surface area (Å²) in [5, 5.41) is 7.67. The van der Waals surface area contributed by atoms with Crippen molar-refractivity contribution in [1.29, 1.82) is 0 Å². The molecule has 114 valence electrons. The number of benzene rings is 1. The average Bonchev–Trinajstić information content (AvgIpc) is 2.64. The molecule has 1 aromatic carbocycles. The number of nitrogens with one attached hydrogen (secondary N) is 1. The number of ether oxygens (including phenoxy) is 1. The van der Waals surface area contributed by atoms with E-state index in [9.17, 15) is 8.78 Å². The zero-order chi connectivity index (χ0) is 15.6. The normalized spacial score (nSPS) is 11.0. The summed E-state index contributed by atoms with van der Waals surface area (Å²) in [7, 11) is 1.89. The molecule has 0 saturated heterocycles. The first-order chi connectivity index (χ1) is 9.88.